The van der Waals surface area contributed by atoms with Crippen molar-refractivity contribution in [1.82, 2.24) is 19.7 Å². The molecule has 0 aliphatic carbocycles. The minimum Gasteiger partial charge on any atom is -0.490 e. The molecule has 44 heavy (non-hydrogen) atoms. The van der Waals surface area contributed by atoms with Crippen molar-refractivity contribution in [3.05, 3.63) is 72.3 Å². The molecule has 1 aliphatic rings. The quantitative estimate of drug-likeness (QED) is 0.166. The van der Waals surface area contributed by atoms with Crippen LogP contribution in [0.1, 0.15) is 6.42 Å². The van der Waals surface area contributed by atoms with Crippen LogP contribution in [0.15, 0.2) is 60.6 Å². The van der Waals surface area contributed by atoms with E-state index < -0.39 is 17.6 Å². The number of carbonyl (C=O) groups is 2. The SMILES string of the molecule is C=CC(=O)N1CCC(C(=O)Nc2nc(-c3ccc4c(cnn4C)c3)c3ccsc3c2-c2c(F)cc(F)cc2OCCOC)C1. The molecule has 0 radical (unpaired) electrons. The van der Waals surface area contributed by atoms with Gasteiger partial charge in [-0.25, -0.2) is 13.8 Å². The zero-order valence-corrected chi connectivity index (χ0v) is 24.9. The molecule has 9 nitrogen and oxygen atoms in total. The van der Waals surface area contributed by atoms with Gasteiger partial charge in [0.05, 0.1) is 35.5 Å². The van der Waals surface area contributed by atoms with Gasteiger partial charge in [-0.1, -0.05) is 12.6 Å². The van der Waals surface area contributed by atoms with Gasteiger partial charge in [-0.2, -0.15) is 5.10 Å². The van der Waals surface area contributed by atoms with Crippen molar-refractivity contribution in [1.29, 1.82) is 0 Å². The number of thiophene rings is 1. The number of halogens is 2. The summed E-state index contributed by atoms with van der Waals surface area (Å²) in [6, 6.07) is 9.59. The molecule has 2 amide bonds. The number of benzene rings is 2. The van der Waals surface area contributed by atoms with E-state index in [1.54, 1.807) is 15.8 Å². The first kappa shape index (κ1) is 29.4. The van der Waals surface area contributed by atoms with E-state index in [0.717, 1.165) is 34.0 Å². The Hall–Kier alpha value is -4.68. The van der Waals surface area contributed by atoms with Crippen molar-refractivity contribution in [3.8, 4) is 28.1 Å². The second-order valence-electron chi connectivity index (χ2n) is 10.5. The van der Waals surface area contributed by atoms with Crippen molar-refractivity contribution in [2.45, 2.75) is 6.42 Å². The highest BCUT2D eigenvalue weighted by molar-refractivity contribution is 7.18. The highest BCUT2D eigenvalue weighted by atomic mass is 32.1. The predicted octanol–water partition coefficient (Wildman–Crippen LogP) is 5.79. The Bertz CT molecular complexity index is 1920. The lowest BCUT2D eigenvalue weighted by Crippen LogP contribution is -2.30. The number of nitrogens with one attached hydrogen (secondary N) is 1. The monoisotopic (exact) mass is 617 g/mol. The van der Waals surface area contributed by atoms with E-state index in [1.165, 1.54) is 24.5 Å². The maximum Gasteiger partial charge on any atom is 0.245 e. The topological polar surface area (TPSA) is 98.6 Å². The summed E-state index contributed by atoms with van der Waals surface area (Å²) in [5.74, 6) is -2.75. The summed E-state index contributed by atoms with van der Waals surface area (Å²) in [5.41, 5.74) is 2.53. The molecular weight excluding hydrogens is 588 g/mol. The Kier molecular flexibility index (Phi) is 8.11. The van der Waals surface area contributed by atoms with Gasteiger partial charge in [-0.15, -0.1) is 11.3 Å². The van der Waals surface area contributed by atoms with Gasteiger partial charge in [-0.05, 0) is 36.1 Å². The number of ether oxygens (including phenoxy) is 2. The summed E-state index contributed by atoms with van der Waals surface area (Å²) in [4.78, 5) is 32.3. The van der Waals surface area contributed by atoms with E-state index in [-0.39, 0.29) is 54.3 Å². The van der Waals surface area contributed by atoms with Gasteiger partial charge in [-0.3, -0.25) is 14.3 Å². The molecule has 1 N–H and O–H groups in total. The van der Waals surface area contributed by atoms with Gasteiger partial charge in [0.1, 0.15) is 29.8 Å². The van der Waals surface area contributed by atoms with Crippen molar-refractivity contribution in [2.75, 3.05) is 38.7 Å². The number of likely N-dealkylation sites (tertiary alicyclic amines) is 1. The molecule has 5 aromatic rings. The van der Waals surface area contributed by atoms with Crippen LogP contribution in [0.4, 0.5) is 14.6 Å². The number of carbonyl (C=O) groups excluding carboxylic acids is 2. The van der Waals surface area contributed by atoms with Gasteiger partial charge in [0.25, 0.3) is 0 Å². The van der Waals surface area contributed by atoms with E-state index in [9.17, 15) is 14.0 Å². The molecule has 2 aromatic carbocycles. The highest BCUT2D eigenvalue weighted by Gasteiger charge is 2.32. The van der Waals surface area contributed by atoms with Gasteiger partial charge in [0.2, 0.25) is 11.8 Å². The molecule has 1 unspecified atom stereocenters. The van der Waals surface area contributed by atoms with Crippen molar-refractivity contribution in [3.63, 3.8) is 0 Å². The van der Waals surface area contributed by atoms with E-state index >= 15 is 4.39 Å². The molecule has 1 fully saturated rings. The van der Waals surface area contributed by atoms with Crippen LogP contribution in [0.5, 0.6) is 5.75 Å². The molecule has 1 aliphatic heterocycles. The minimum atomic E-state index is -0.863. The number of amides is 2. The van der Waals surface area contributed by atoms with E-state index in [0.29, 0.717) is 23.4 Å². The minimum absolute atomic E-state index is 0.0260. The number of nitrogens with zero attached hydrogens (tertiary/aromatic N) is 4. The number of pyridine rings is 1. The molecule has 12 heteroatoms. The number of rotatable bonds is 9. The molecule has 226 valence electrons. The zero-order chi connectivity index (χ0) is 31.0. The van der Waals surface area contributed by atoms with Crippen molar-refractivity contribution in [2.24, 2.45) is 13.0 Å². The maximum atomic E-state index is 15.8. The first-order valence-corrected chi connectivity index (χ1v) is 14.8. The number of fused-ring (bicyclic) bond motifs is 2. The second-order valence-corrected chi connectivity index (χ2v) is 11.4. The second kappa shape index (κ2) is 12.1. The molecule has 4 heterocycles. The Morgan fingerprint density at radius 1 is 1.18 bits per heavy atom. The fraction of sp³-hybridized carbons (Fsp3) is 0.250. The Morgan fingerprint density at radius 3 is 2.82 bits per heavy atom. The van der Waals surface area contributed by atoms with Crippen LogP contribution in [0.2, 0.25) is 0 Å². The lowest BCUT2D eigenvalue weighted by Gasteiger charge is -2.19. The number of hydrogen-bond donors (Lipinski definition) is 1. The molecule has 6 rings (SSSR count). The molecular formula is C32H29F2N5O4S. The van der Waals surface area contributed by atoms with Crippen LogP contribution >= 0.6 is 11.3 Å². The molecule has 0 bridgehead atoms. The maximum absolute atomic E-state index is 15.8. The predicted molar refractivity (Wildman–Crippen MR) is 166 cm³/mol. The molecule has 1 atom stereocenters. The first-order valence-electron chi connectivity index (χ1n) is 14.0. The largest absolute Gasteiger partial charge is 0.490 e. The standard InChI is InChI=1S/C32H29F2N5O4S/c1-4-26(40)39-9-7-19(17-39)32(41)37-31-28(27-23(34)14-21(33)15-25(27)43-11-10-42-3)30-22(8-12-44-30)29(36-31)18-5-6-24-20(13-18)16-35-38(24)2/h4-6,8,12-16,19H,1,7,9-11,17H2,2-3H3,(H,36,37,41). The Balaban J connectivity index is 1.52. The van der Waals surface area contributed by atoms with Crippen LogP contribution < -0.4 is 10.1 Å². The zero-order valence-electron chi connectivity index (χ0n) is 24.1. The summed E-state index contributed by atoms with van der Waals surface area (Å²) >= 11 is 1.34. The summed E-state index contributed by atoms with van der Waals surface area (Å²) in [7, 11) is 3.35. The summed E-state index contributed by atoms with van der Waals surface area (Å²) in [5, 5.41) is 10.8. The Morgan fingerprint density at radius 2 is 2.02 bits per heavy atom. The van der Waals surface area contributed by atoms with Crippen LogP contribution in [0.25, 0.3) is 43.4 Å². The highest BCUT2D eigenvalue weighted by Crippen LogP contribution is 2.46. The first-order chi connectivity index (χ1) is 21.3. The van der Waals surface area contributed by atoms with Gasteiger partial charge in [0.15, 0.2) is 0 Å². The number of aryl methyl sites for hydroxylation is 1. The van der Waals surface area contributed by atoms with E-state index in [1.807, 2.05) is 36.7 Å². The van der Waals surface area contributed by atoms with Crippen molar-refractivity contribution < 1.29 is 27.8 Å². The third kappa shape index (κ3) is 5.42. The molecule has 0 saturated carbocycles. The Labute approximate surface area is 255 Å². The number of hydrogen-bond acceptors (Lipinski definition) is 7. The lowest BCUT2D eigenvalue weighted by atomic mass is 9.99. The smallest absolute Gasteiger partial charge is 0.245 e. The van der Waals surface area contributed by atoms with Crippen LogP contribution in [-0.4, -0.2) is 64.9 Å². The molecule has 3 aromatic heterocycles. The van der Waals surface area contributed by atoms with Gasteiger partial charge in [0, 0.05) is 66.0 Å². The third-order valence-electron chi connectivity index (χ3n) is 7.73. The van der Waals surface area contributed by atoms with Crippen LogP contribution in [0.3, 0.4) is 0 Å². The van der Waals surface area contributed by atoms with Crippen LogP contribution in [0, 0.1) is 17.6 Å². The lowest BCUT2D eigenvalue weighted by molar-refractivity contribution is -0.125. The van der Waals surface area contributed by atoms with E-state index in [2.05, 4.69) is 17.0 Å². The third-order valence-corrected chi connectivity index (χ3v) is 8.66. The van der Waals surface area contributed by atoms with Crippen LogP contribution in [-0.2, 0) is 21.4 Å². The van der Waals surface area contributed by atoms with Gasteiger partial charge < -0.3 is 19.7 Å². The summed E-state index contributed by atoms with van der Waals surface area (Å²) in [6.07, 6.45) is 3.43. The van der Waals surface area contributed by atoms with Gasteiger partial charge >= 0.3 is 0 Å². The number of aromatic nitrogens is 3. The fourth-order valence-corrected chi connectivity index (χ4v) is 6.49. The number of anilines is 1. The fourth-order valence-electron chi connectivity index (χ4n) is 5.54. The van der Waals surface area contributed by atoms with Crippen molar-refractivity contribution >= 4 is 50.0 Å². The van der Waals surface area contributed by atoms with E-state index in [4.69, 9.17) is 14.5 Å². The average Bonchev–Trinajstić information content (AvgIpc) is 3.77. The summed E-state index contributed by atoms with van der Waals surface area (Å²) < 4.78 is 43.5. The number of methoxy groups -OCH3 is 1. The molecule has 0 spiro atoms. The molecule has 1 saturated heterocycles. The average molecular weight is 618 g/mol. The summed E-state index contributed by atoms with van der Waals surface area (Å²) in [6.45, 7) is 4.41. The normalized spacial score (nSPS) is 14.8.